The minimum atomic E-state index is -0.743. The molecule has 4 rings (SSSR count). The van der Waals surface area contributed by atoms with Crippen molar-refractivity contribution in [3.8, 4) is 0 Å². The number of unbranched alkanes of at least 4 members (excludes halogenated alkanes) is 2. The lowest BCUT2D eigenvalue weighted by Gasteiger charge is -2.23. The van der Waals surface area contributed by atoms with Crippen molar-refractivity contribution in [3.05, 3.63) is 71.4 Å². The Balaban J connectivity index is 1.19. The average molecular weight is 632 g/mol. The first-order valence-electron chi connectivity index (χ1n) is 16.6. The molecule has 248 valence electrons. The summed E-state index contributed by atoms with van der Waals surface area (Å²) in [6.07, 6.45) is 6.63. The van der Waals surface area contributed by atoms with Crippen LogP contribution >= 0.6 is 0 Å². The van der Waals surface area contributed by atoms with E-state index in [-0.39, 0.29) is 12.5 Å². The van der Waals surface area contributed by atoms with Gasteiger partial charge in [0, 0.05) is 36.4 Å². The Morgan fingerprint density at radius 2 is 1.52 bits per heavy atom. The third-order valence-corrected chi connectivity index (χ3v) is 7.78. The van der Waals surface area contributed by atoms with E-state index in [2.05, 4.69) is 39.5 Å². The molecule has 1 atom stereocenters. The average Bonchev–Trinajstić information content (AvgIpc) is 3.03. The van der Waals surface area contributed by atoms with Crippen LogP contribution < -0.4 is 21.3 Å². The monoisotopic (exact) mass is 631 g/mol. The number of rotatable bonds is 15. The molecule has 0 fully saturated rings. The van der Waals surface area contributed by atoms with Crippen LogP contribution in [0.1, 0.15) is 82.5 Å². The number of amides is 3. The molecule has 1 heterocycles. The van der Waals surface area contributed by atoms with Crippen molar-refractivity contribution in [1.29, 1.82) is 0 Å². The van der Waals surface area contributed by atoms with Gasteiger partial charge in [0.1, 0.15) is 18.2 Å². The van der Waals surface area contributed by atoms with Gasteiger partial charge in [-0.05, 0) is 95.8 Å². The summed E-state index contributed by atoms with van der Waals surface area (Å²) in [6, 6.07) is 17.0. The fraction of sp³-hybridized carbons (Fsp3) is 0.500. The quantitative estimate of drug-likeness (QED) is 0.143. The first kappa shape index (κ1) is 34.5. The van der Waals surface area contributed by atoms with Gasteiger partial charge in [0.15, 0.2) is 0 Å². The van der Waals surface area contributed by atoms with E-state index in [1.54, 1.807) is 20.8 Å². The zero-order valence-corrected chi connectivity index (χ0v) is 27.5. The number of para-hydroxylation sites is 1. The molecule has 4 N–H and O–H groups in total. The van der Waals surface area contributed by atoms with Crippen LogP contribution in [0.15, 0.2) is 54.6 Å². The SMILES string of the molecule is CC(C)(C)OC(=O)N[C@@H](CCCCNC(=O)OCc1ccccc1)C(=O)NCCCCNc1c2c(nc3ccccc13)CCCC2. The molecule has 3 amide bonds. The van der Waals surface area contributed by atoms with Crippen LogP contribution in [-0.2, 0) is 33.7 Å². The Kier molecular flexibility index (Phi) is 13.0. The van der Waals surface area contributed by atoms with E-state index >= 15 is 0 Å². The van der Waals surface area contributed by atoms with E-state index in [0.29, 0.717) is 32.4 Å². The second-order valence-electron chi connectivity index (χ2n) is 12.7. The number of anilines is 1. The standard InChI is InChI=1S/C36H49N5O5/c1-36(2,3)46-35(44)41-31(21-11-12-24-39-34(43)45-25-26-15-5-4-6-16-26)33(42)38-23-14-13-22-37-32-27-17-7-9-19-29(27)40-30-20-10-8-18-28(30)32/h4-7,9,15-17,19,31H,8,10-14,18,20-25H2,1-3H3,(H,37,40)(H,38,42)(H,39,43)(H,41,44)/t31-/m0/s1. The van der Waals surface area contributed by atoms with E-state index < -0.39 is 23.8 Å². The van der Waals surface area contributed by atoms with Crippen molar-refractivity contribution >= 4 is 34.7 Å². The van der Waals surface area contributed by atoms with Gasteiger partial charge in [-0.2, -0.15) is 0 Å². The molecule has 0 bridgehead atoms. The lowest BCUT2D eigenvalue weighted by molar-refractivity contribution is -0.123. The molecule has 10 heteroatoms. The number of fused-ring (bicyclic) bond motifs is 2. The van der Waals surface area contributed by atoms with Gasteiger partial charge in [-0.3, -0.25) is 9.78 Å². The number of pyridine rings is 1. The molecule has 3 aromatic rings. The predicted octanol–water partition coefficient (Wildman–Crippen LogP) is 6.41. The Hall–Kier alpha value is -4.34. The lowest BCUT2D eigenvalue weighted by atomic mass is 9.92. The third-order valence-electron chi connectivity index (χ3n) is 7.78. The van der Waals surface area contributed by atoms with Crippen molar-refractivity contribution < 1.29 is 23.9 Å². The van der Waals surface area contributed by atoms with Crippen molar-refractivity contribution in [3.63, 3.8) is 0 Å². The number of aromatic nitrogens is 1. The van der Waals surface area contributed by atoms with Gasteiger partial charge in [0.2, 0.25) is 5.91 Å². The third kappa shape index (κ3) is 11.2. The lowest BCUT2D eigenvalue weighted by Crippen LogP contribution is -2.48. The van der Waals surface area contributed by atoms with Gasteiger partial charge in [-0.1, -0.05) is 48.5 Å². The van der Waals surface area contributed by atoms with Crippen LogP contribution in [0, 0.1) is 0 Å². The maximum absolute atomic E-state index is 13.1. The van der Waals surface area contributed by atoms with Crippen LogP contribution in [0.4, 0.5) is 15.3 Å². The van der Waals surface area contributed by atoms with E-state index in [1.165, 1.54) is 29.8 Å². The van der Waals surface area contributed by atoms with Crippen LogP contribution in [0.3, 0.4) is 0 Å². The summed E-state index contributed by atoms with van der Waals surface area (Å²) >= 11 is 0. The van der Waals surface area contributed by atoms with Crippen LogP contribution in [0.25, 0.3) is 10.9 Å². The number of hydrogen-bond donors (Lipinski definition) is 4. The number of benzene rings is 2. The Labute approximate surface area is 272 Å². The largest absolute Gasteiger partial charge is 0.445 e. The van der Waals surface area contributed by atoms with Gasteiger partial charge in [0.05, 0.1) is 5.52 Å². The maximum atomic E-state index is 13.1. The molecular formula is C36H49N5O5. The van der Waals surface area contributed by atoms with E-state index in [1.807, 2.05) is 36.4 Å². The van der Waals surface area contributed by atoms with Crippen LogP contribution in [0.5, 0.6) is 0 Å². The molecule has 0 saturated carbocycles. The van der Waals surface area contributed by atoms with Gasteiger partial charge < -0.3 is 30.7 Å². The molecule has 2 aromatic carbocycles. The highest BCUT2D eigenvalue weighted by atomic mass is 16.6. The summed E-state index contributed by atoms with van der Waals surface area (Å²) in [7, 11) is 0. The summed E-state index contributed by atoms with van der Waals surface area (Å²) in [5.74, 6) is -0.247. The fourth-order valence-electron chi connectivity index (χ4n) is 5.53. The molecule has 1 aliphatic carbocycles. The van der Waals surface area contributed by atoms with Crippen LogP contribution in [0.2, 0.25) is 0 Å². The Bertz CT molecular complexity index is 1440. The summed E-state index contributed by atoms with van der Waals surface area (Å²) in [6.45, 7) is 7.23. The normalized spacial score (nSPS) is 13.3. The molecule has 46 heavy (non-hydrogen) atoms. The number of nitrogens with one attached hydrogen (secondary N) is 4. The first-order chi connectivity index (χ1) is 22.2. The van der Waals surface area contributed by atoms with Gasteiger partial charge >= 0.3 is 12.2 Å². The van der Waals surface area contributed by atoms with Gasteiger partial charge in [0.25, 0.3) is 0 Å². The number of carbonyl (C=O) groups excluding carboxylic acids is 3. The minimum Gasteiger partial charge on any atom is -0.445 e. The number of carbonyl (C=O) groups is 3. The van der Waals surface area contributed by atoms with Crippen molar-refractivity contribution in [2.45, 2.75) is 96.8 Å². The highest BCUT2D eigenvalue weighted by molar-refractivity contribution is 5.93. The van der Waals surface area contributed by atoms with Crippen LogP contribution in [-0.4, -0.2) is 54.4 Å². The number of hydrogen-bond acceptors (Lipinski definition) is 7. The zero-order valence-electron chi connectivity index (χ0n) is 27.5. The summed E-state index contributed by atoms with van der Waals surface area (Å²) in [5.41, 5.74) is 5.01. The minimum absolute atomic E-state index is 0.202. The van der Waals surface area contributed by atoms with E-state index in [9.17, 15) is 14.4 Å². The molecule has 10 nitrogen and oxygen atoms in total. The molecule has 1 aliphatic rings. The summed E-state index contributed by atoms with van der Waals surface area (Å²) in [5, 5.41) is 13.3. The first-order valence-corrected chi connectivity index (χ1v) is 16.6. The summed E-state index contributed by atoms with van der Waals surface area (Å²) < 4.78 is 10.6. The van der Waals surface area contributed by atoms with Crippen molar-refractivity contribution in [2.75, 3.05) is 25.0 Å². The molecular weight excluding hydrogens is 582 g/mol. The van der Waals surface area contributed by atoms with Crippen molar-refractivity contribution in [1.82, 2.24) is 20.9 Å². The van der Waals surface area contributed by atoms with Crippen molar-refractivity contribution in [2.24, 2.45) is 0 Å². The number of aryl methyl sites for hydroxylation is 1. The molecule has 0 aliphatic heterocycles. The zero-order chi connectivity index (χ0) is 32.8. The molecule has 0 spiro atoms. The predicted molar refractivity (Wildman–Crippen MR) is 181 cm³/mol. The number of nitrogens with zero attached hydrogens (tertiary/aromatic N) is 1. The second kappa shape index (κ2) is 17.4. The van der Waals surface area contributed by atoms with Gasteiger partial charge in [-0.15, -0.1) is 0 Å². The number of ether oxygens (including phenoxy) is 2. The topological polar surface area (TPSA) is 131 Å². The molecule has 0 unspecified atom stereocenters. The molecule has 0 radical (unpaired) electrons. The number of alkyl carbamates (subject to hydrolysis) is 2. The molecule has 1 aromatic heterocycles. The second-order valence-corrected chi connectivity index (χ2v) is 12.7. The van der Waals surface area contributed by atoms with Gasteiger partial charge in [-0.25, -0.2) is 9.59 Å². The Morgan fingerprint density at radius 1 is 0.826 bits per heavy atom. The Morgan fingerprint density at radius 3 is 2.33 bits per heavy atom. The highest BCUT2D eigenvalue weighted by Crippen LogP contribution is 2.33. The highest BCUT2D eigenvalue weighted by Gasteiger charge is 2.24. The maximum Gasteiger partial charge on any atom is 0.408 e. The fourth-order valence-corrected chi connectivity index (χ4v) is 5.53. The van der Waals surface area contributed by atoms with E-state index in [0.717, 1.165) is 48.7 Å². The van der Waals surface area contributed by atoms with E-state index in [4.69, 9.17) is 14.5 Å². The smallest absolute Gasteiger partial charge is 0.408 e. The summed E-state index contributed by atoms with van der Waals surface area (Å²) in [4.78, 5) is 42.5. The molecule has 0 saturated heterocycles.